The molecular formula is C13H27NO. The van der Waals surface area contributed by atoms with Crippen LogP contribution in [0.15, 0.2) is 0 Å². The van der Waals surface area contributed by atoms with Gasteiger partial charge in [0.25, 0.3) is 0 Å². The third-order valence-corrected chi connectivity index (χ3v) is 3.25. The molecule has 1 N–H and O–H groups in total. The monoisotopic (exact) mass is 213 g/mol. The van der Waals surface area contributed by atoms with Crippen molar-refractivity contribution in [2.24, 2.45) is 11.8 Å². The van der Waals surface area contributed by atoms with Gasteiger partial charge in [0.05, 0.1) is 6.61 Å². The molecule has 1 fully saturated rings. The van der Waals surface area contributed by atoms with Crippen molar-refractivity contribution in [3.63, 3.8) is 0 Å². The lowest BCUT2D eigenvalue weighted by Gasteiger charge is -2.24. The Bertz CT molecular complexity index is 153. The molecule has 1 heterocycles. The molecule has 15 heavy (non-hydrogen) atoms. The fourth-order valence-corrected chi connectivity index (χ4v) is 2.22. The van der Waals surface area contributed by atoms with Crippen LogP contribution in [0, 0.1) is 11.8 Å². The Morgan fingerprint density at radius 1 is 1.33 bits per heavy atom. The van der Waals surface area contributed by atoms with Gasteiger partial charge in [0.1, 0.15) is 0 Å². The fraction of sp³-hybridized carbons (Fsp3) is 1.00. The summed E-state index contributed by atoms with van der Waals surface area (Å²) in [6, 6.07) is 0.690. The molecule has 2 nitrogen and oxygen atoms in total. The van der Waals surface area contributed by atoms with Crippen LogP contribution in [0.1, 0.15) is 46.5 Å². The van der Waals surface area contributed by atoms with E-state index in [1.165, 1.54) is 25.7 Å². The molecule has 0 amide bonds. The molecule has 0 aromatic rings. The van der Waals surface area contributed by atoms with Crippen LogP contribution in [0.3, 0.4) is 0 Å². The molecule has 2 unspecified atom stereocenters. The lowest BCUT2D eigenvalue weighted by atomic mass is 9.92. The molecule has 1 aliphatic heterocycles. The van der Waals surface area contributed by atoms with E-state index < -0.39 is 0 Å². The smallest absolute Gasteiger partial charge is 0.0510 e. The summed E-state index contributed by atoms with van der Waals surface area (Å²) in [6.07, 6.45) is 5.12. The lowest BCUT2D eigenvalue weighted by Crippen LogP contribution is -2.37. The fourth-order valence-electron chi connectivity index (χ4n) is 2.22. The van der Waals surface area contributed by atoms with E-state index in [1.807, 2.05) is 0 Å². The van der Waals surface area contributed by atoms with Gasteiger partial charge in [-0.25, -0.2) is 0 Å². The second-order valence-corrected chi connectivity index (χ2v) is 5.16. The van der Waals surface area contributed by atoms with E-state index in [2.05, 4.69) is 26.1 Å². The Morgan fingerprint density at radius 3 is 2.67 bits per heavy atom. The normalized spacial score (nSPS) is 23.6. The molecular weight excluding hydrogens is 186 g/mol. The van der Waals surface area contributed by atoms with Gasteiger partial charge in [-0.2, -0.15) is 0 Å². The molecule has 1 saturated heterocycles. The Labute approximate surface area is 94.8 Å². The minimum absolute atomic E-state index is 0.690. The summed E-state index contributed by atoms with van der Waals surface area (Å²) in [5.41, 5.74) is 0. The molecule has 0 aromatic carbocycles. The Hall–Kier alpha value is -0.0800. The van der Waals surface area contributed by atoms with E-state index in [1.54, 1.807) is 0 Å². The van der Waals surface area contributed by atoms with Crippen LogP contribution in [0.2, 0.25) is 0 Å². The molecule has 90 valence electrons. The van der Waals surface area contributed by atoms with Crippen molar-refractivity contribution in [1.29, 1.82) is 0 Å². The van der Waals surface area contributed by atoms with Crippen molar-refractivity contribution in [3.8, 4) is 0 Å². The molecule has 2 atom stereocenters. The maximum Gasteiger partial charge on any atom is 0.0510 e. The highest BCUT2D eigenvalue weighted by molar-refractivity contribution is 4.79. The first kappa shape index (κ1) is 13.0. The van der Waals surface area contributed by atoms with E-state index in [4.69, 9.17) is 4.74 Å². The third-order valence-electron chi connectivity index (χ3n) is 3.25. The third kappa shape index (κ3) is 4.98. The minimum Gasteiger partial charge on any atom is -0.381 e. The van der Waals surface area contributed by atoms with Crippen LogP contribution in [-0.4, -0.2) is 25.8 Å². The van der Waals surface area contributed by atoms with E-state index in [9.17, 15) is 0 Å². The van der Waals surface area contributed by atoms with Gasteiger partial charge < -0.3 is 10.1 Å². The van der Waals surface area contributed by atoms with Gasteiger partial charge in [-0.1, -0.05) is 20.8 Å². The van der Waals surface area contributed by atoms with E-state index >= 15 is 0 Å². The maximum atomic E-state index is 5.48. The summed E-state index contributed by atoms with van der Waals surface area (Å²) in [6.45, 7) is 9.94. The highest BCUT2D eigenvalue weighted by Gasteiger charge is 2.24. The predicted octanol–water partition coefficient (Wildman–Crippen LogP) is 2.83. The standard InChI is InChI=1S/C13H27NO/c1-4-8-14-13(6-5-11(2)3)12-7-9-15-10-12/h11-14H,4-10H2,1-3H3. The van der Waals surface area contributed by atoms with Crippen LogP contribution in [-0.2, 0) is 4.74 Å². The number of hydrogen-bond donors (Lipinski definition) is 1. The Kier molecular flexibility index (Phi) is 6.26. The van der Waals surface area contributed by atoms with Gasteiger partial charge in [-0.15, -0.1) is 0 Å². The van der Waals surface area contributed by atoms with Gasteiger partial charge in [0.2, 0.25) is 0 Å². The number of hydrogen-bond acceptors (Lipinski definition) is 2. The van der Waals surface area contributed by atoms with E-state index in [0.717, 1.165) is 31.6 Å². The summed E-state index contributed by atoms with van der Waals surface area (Å²) < 4.78 is 5.48. The Balaban J connectivity index is 2.30. The SMILES string of the molecule is CCCNC(CCC(C)C)C1CCOC1. The van der Waals surface area contributed by atoms with Gasteiger partial charge >= 0.3 is 0 Å². The summed E-state index contributed by atoms with van der Waals surface area (Å²) in [7, 11) is 0. The van der Waals surface area contributed by atoms with Gasteiger partial charge in [0, 0.05) is 12.6 Å². The minimum atomic E-state index is 0.690. The zero-order valence-electron chi connectivity index (χ0n) is 10.6. The number of ether oxygens (including phenoxy) is 1. The van der Waals surface area contributed by atoms with E-state index in [-0.39, 0.29) is 0 Å². The predicted molar refractivity (Wildman–Crippen MR) is 65.1 cm³/mol. The van der Waals surface area contributed by atoms with E-state index in [0.29, 0.717) is 6.04 Å². The molecule has 1 aliphatic rings. The highest BCUT2D eigenvalue weighted by atomic mass is 16.5. The number of nitrogens with one attached hydrogen (secondary N) is 1. The Morgan fingerprint density at radius 2 is 2.13 bits per heavy atom. The average Bonchev–Trinajstić information content (AvgIpc) is 2.71. The van der Waals surface area contributed by atoms with Crippen molar-refractivity contribution in [1.82, 2.24) is 5.32 Å². The number of rotatable bonds is 7. The summed E-state index contributed by atoms with van der Waals surface area (Å²) >= 11 is 0. The average molecular weight is 213 g/mol. The molecule has 2 heteroatoms. The first-order valence-corrected chi connectivity index (χ1v) is 6.55. The first-order chi connectivity index (χ1) is 7.24. The zero-order valence-corrected chi connectivity index (χ0v) is 10.6. The summed E-state index contributed by atoms with van der Waals surface area (Å²) in [5, 5.41) is 3.69. The van der Waals surface area contributed by atoms with Crippen molar-refractivity contribution in [3.05, 3.63) is 0 Å². The lowest BCUT2D eigenvalue weighted by molar-refractivity contribution is 0.174. The molecule has 0 radical (unpaired) electrons. The molecule has 1 rings (SSSR count). The van der Waals surface area contributed by atoms with Crippen molar-refractivity contribution in [2.45, 2.75) is 52.5 Å². The van der Waals surface area contributed by atoms with Gasteiger partial charge in [-0.3, -0.25) is 0 Å². The van der Waals surface area contributed by atoms with Crippen molar-refractivity contribution < 1.29 is 4.74 Å². The molecule has 0 aliphatic carbocycles. The molecule has 0 saturated carbocycles. The molecule has 0 spiro atoms. The van der Waals surface area contributed by atoms with Crippen LogP contribution in [0.5, 0.6) is 0 Å². The van der Waals surface area contributed by atoms with Crippen LogP contribution < -0.4 is 5.32 Å². The van der Waals surface area contributed by atoms with Crippen LogP contribution in [0.25, 0.3) is 0 Å². The van der Waals surface area contributed by atoms with Crippen LogP contribution in [0.4, 0.5) is 0 Å². The molecule has 0 aromatic heterocycles. The first-order valence-electron chi connectivity index (χ1n) is 6.55. The second kappa shape index (κ2) is 7.24. The summed E-state index contributed by atoms with van der Waals surface area (Å²) in [4.78, 5) is 0. The second-order valence-electron chi connectivity index (χ2n) is 5.16. The highest BCUT2D eigenvalue weighted by Crippen LogP contribution is 2.21. The van der Waals surface area contributed by atoms with Gasteiger partial charge in [-0.05, 0) is 44.1 Å². The topological polar surface area (TPSA) is 21.3 Å². The van der Waals surface area contributed by atoms with Crippen molar-refractivity contribution in [2.75, 3.05) is 19.8 Å². The summed E-state index contributed by atoms with van der Waals surface area (Å²) in [5.74, 6) is 1.58. The van der Waals surface area contributed by atoms with Gasteiger partial charge in [0.15, 0.2) is 0 Å². The maximum absolute atomic E-state index is 5.48. The van der Waals surface area contributed by atoms with Crippen LogP contribution >= 0.6 is 0 Å². The zero-order chi connectivity index (χ0) is 11.1. The quantitative estimate of drug-likeness (QED) is 0.702. The molecule has 0 bridgehead atoms. The largest absolute Gasteiger partial charge is 0.381 e. The van der Waals surface area contributed by atoms with Crippen molar-refractivity contribution >= 4 is 0 Å².